The van der Waals surface area contributed by atoms with Crippen molar-refractivity contribution >= 4 is 49.2 Å². The number of fused-ring (bicyclic) bond motifs is 6. The number of hydrogen-bond acceptors (Lipinski definition) is 0. The Bertz CT molecular complexity index is 1880. The summed E-state index contributed by atoms with van der Waals surface area (Å²) in [4.78, 5) is 0. The molecule has 0 spiro atoms. The highest BCUT2D eigenvalue weighted by Gasteiger charge is 2.15. The van der Waals surface area contributed by atoms with Crippen molar-refractivity contribution in [3.05, 3.63) is 127 Å². The highest BCUT2D eigenvalue weighted by molar-refractivity contribution is 6.11. The molecule has 0 saturated heterocycles. The van der Waals surface area contributed by atoms with Crippen LogP contribution in [-0.4, -0.2) is 9.13 Å². The van der Waals surface area contributed by atoms with E-state index in [4.69, 9.17) is 0 Å². The molecule has 0 amide bonds. The zero-order valence-corrected chi connectivity index (χ0v) is 19.6. The number of aromatic nitrogens is 2. The van der Waals surface area contributed by atoms with Crippen molar-refractivity contribution in [1.29, 1.82) is 0 Å². The van der Waals surface area contributed by atoms with Crippen molar-refractivity contribution in [3.8, 4) is 11.4 Å². The zero-order valence-electron chi connectivity index (χ0n) is 19.6. The quantitative estimate of drug-likeness (QED) is 0.255. The molecule has 0 aliphatic heterocycles. The van der Waals surface area contributed by atoms with Crippen LogP contribution in [0.5, 0.6) is 0 Å². The highest BCUT2D eigenvalue weighted by atomic mass is 15.0. The van der Waals surface area contributed by atoms with E-state index in [0.29, 0.717) is 0 Å². The lowest BCUT2D eigenvalue weighted by atomic mass is 10.1. The first-order valence-corrected chi connectivity index (χ1v) is 12.0. The monoisotopic (exact) mass is 448 g/mol. The average molecular weight is 449 g/mol. The van der Waals surface area contributed by atoms with Crippen LogP contribution in [0.25, 0.3) is 60.6 Å². The van der Waals surface area contributed by atoms with Crippen LogP contribution in [0.2, 0.25) is 0 Å². The van der Waals surface area contributed by atoms with Gasteiger partial charge in [0.2, 0.25) is 0 Å². The van der Waals surface area contributed by atoms with Crippen molar-refractivity contribution < 1.29 is 0 Å². The molecule has 5 aromatic carbocycles. The van der Waals surface area contributed by atoms with E-state index in [1.165, 1.54) is 49.2 Å². The average Bonchev–Trinajstić information content (AvgIpc) is 3.41. The summed E-state index contributed by atoms with van der Waals surface area (Å²) in [5.41, 5.74) is 9.43. The Morgan fingerprint density at radius 1 is 0.486 bits per heavy atom. The Kier molecular flexibility index (Phi) is 4.24. The number of para-hydroxylation sites is 3. The van der Waals surface area contributed by atoms with Crippen molar-refractivity contribution in [3.63, 3.8) is 0 Å². The maximum Gasteiger partial charge on any atom is 0.0541 e. The van der Waals surface area contributed by atoms with Crippen LogP contribution in [0.3, 0.4) is 0 Å². The van der Waals surface area contributed by atoms with E-state index in [-0.39, 0.29) is 0 Å². The predicted molar refractivity (Wildman–Crippen MR) is 150 cm³/mol. The van der Waals surface area contributed by atoms with E-state index in [2.05, 4.69) is 138 Å². The number of nitrogens with zero attached hydrogens (tertiary/aromatic N) is 2. The Morgan fingerprint density at radius 2 is 0.943 bits per heavy atom. The largest absolute Gasteiger partial charge is 0.309 e. The molecule has 166 valence electrons. The Balaban J connectivity index is 1.53. The third-order valence-electron chi connectivity index (χ3n) is 7.09. The molecule has 2 heterocycles. The van der Waals surface area contributed by atoms with Gasteiger partial charge < -0.3 is 9.13 Å². The number of benzene rings is 5. The van der Waals surface area contributed by atoms with Gasteiger partial charge in [-0.15, -0.1) is 0 Å². The fourth-order valence-electron chi connectivity index (χ4n) is 5.49. The molecule has 0 aliphatic rings. The van der Waals surface area contributed by atoms with E-state index < -0.39 is 0 Å². The van der Waals surface area contributed by atoms with Gasteiger partial charge in [0.05, 0.1) is 22.1 Å². The van der Waals surface area contributed by atoms with Gasteiger partial charge in [-0.1, -0.05) is 78.9 Å². The summed E-state index contributed by atoms with van der Waals surface area (Å²) < 4.78 is 4.76. The lowest BCUT2D eigenvalue weighted by Gasteiger charge is -2.13. The van der Waals surface area contributed by atoms with E-state index >= 15 is 0 Å². The van der Waals surface area contributed by atoms with Crippen molar-refractivity contribution in [2.75, 3.05) is 0 Å². The SMILES string of the molecule is C=C(C)c1ccc2c(c1)c1ccccc1n2-c1cccc(-n2c3ccccc3c3ccccc32)c1. The number of allylic oxidation sites excluding steroid dienone is 1. The van der Waals surface area contributed by atoms with Gasteiger partial charge in [0.15, 0.2) is 0 Å². The van der Waals surface area contributed by atoms with Crippen LogP contribution in [0.1, 0.15) is 12.5 Å². The summed E-state index contributed by atoms with van der Waals surface area (Å²) in [6.07, 6.45) is 0. The van der Waals surface area contributed by atoms with Crippen molar-refractivity contribution in [1.82, 2.24) is 9.13 Å². The fraction of sp³-hybridized carbons (Fsp3) is 0.0303. The molecule has 0 radical (unpaired) electrons. The predicted octanol–water partition coefficient (Wildman–Crippen LogP) is 8.91. The van der Waals surface area contributed by atoms with E-state index in [0.717, 1.165) is 16.9 Å². The van der Waals surface area contributed by atoms with Crippen molar-refractivity contribution in [2.24, 2.45) is 0 Å². The van der Waals surface area contributed by atoms with E-state index in [9.17, 15) is 0 Å². The molecule has 0 atom stereocenters. The van der Waals surface area contributed by atoms with Crippen LogP contribution in [-0.2, 0) is 0 Å². The third-order valence-corrected chi connectivity index (χ3v) is 7.09. The Morgan fingerprint density at radius 3 is 1.46 bits per heavy atom. The van der Waals surface area contributed by atoms with Crippen molar-refractivity contribution in [2.45, 2.75) is 6.92 Å². The lowest BCUT2D eigenvalue weighted by molar-refractivity contribution is 1.13. The first kappa shape index (κ1) is 19.9. The van der Waals surface area contributed by atoms with Crippen LogP contribution in [0.15, 0.2) is 122 Å². The third kappa shape index (κ3) is 2.90. The molecule has 7 aromatic rings. The van der Waals surface area contributed by atoms with Crippen LogP contribution in [0, 0.1) is 0 Å². The molecule has 0 unspecified atom stereocenters. The van der Waals surface area contributed by atoms with Gasteiger partial charge in [-0.2, -0.15) is 0 Å². The minimum absolute atomic E-state index is 1.08. The molecule has 2 heteroatoms. The second-order valence-electron chi connectivity index (χ2n) is 9.25. The molecule has 0 N–H and O–H groups in total. The standard InChI is InChI=1S/C33H24N2/c1-22(2)23-18-19-33-29(20-23)28-14-5-8-17-32(28)35(33)25-11-9-10-24(21-25)34-30-15-6-3-12-26(30)27-13-4-7-16-31(27)34/h3-21H,1H2,2H3. The molecular formula is C33H24N2. The maximum absolute atomic E-state index is 4.16. The number of rotatable bonds is 3. The van der Waals surface area contributed by atoms with Gasteiger partial charge in [-0.05, 0) is 61.0 Å². The molecule has 0 fully saturated rings. The molecule has 0 aliphatic carbocycles. The van der Waals surface area contributed by atoms with Crippen LogP contribution < -0.4 is 0 Å². The second kappa shape index (κ2) is 7.48. The van der Waals surface area contributed by atoms with Gasteiger partial charge in [-0.25, -0.2) is 0 Å². The Labute approximate surface area is 204 Å². The van der Waals surface area contributed by atoms with E-state index in [1.807, 2.05) is 0 Å². The van der Waals surface area contributed by atoms with Gasteiger partial charge in [0.25, 0.3) is 0 Å². The van der Waals surface area contributed by atoms with Gasteiger partial charge in [0.1, 0.15) is 0 Å². The lowest BCUT2D eigenvalue weighted by Crippen LogP contribution is -1.98. The van der Waals surface area contributed by atoms with Crippen LogP contribution in [0.4, 0.5) is 0 Å². The summed E-state index contributed by atoms with van der Waals surface area (Å²) in [6, 6.07) is 41.5. The fourth-order valence-corrected chi connectivity index (χ4v) is 5.49. The van der Waals surface area contributed by atoms with Gasteiger partial charge in [0, 0.05) is 32.9 Å². The normalized spacial score (nSPS) is 11.7. The summed E-state index contributed by atoms with van der Waals surface area (Å²) in [5, 5.41) is 5.06. The summed E-state index contributed by atoms with van der Waals surface area (Å²) in [6.45, 7) is 6.22. The summed E-state index contributed by atoms with van der Waals surface area (Å²) in [5.74, 6) is 0. The van der Waals surface area contributed by atoms with Gasteiger partial charge >= 0.3 is 0 Å². The molecule has 0 saturated carbocycles. The Hall–Kier alpha value is -4.56. The smallest absolute Gasteiger partial charge is 0.0541 e. The molecular weight excluding hydrogens is 424 g/mol. The molecule has 2 aromatic heterocycles. The minimum atomic E-state index is 1.08. The number of hydrogen-bond donors (Lipinski definition) is 0. The summed E-state index contributed by atoms with van der Waals surface area (Å²) >= 11 is 0. The molecule has 35 heavy (non-hydrogen) atoms. The van der Waals surface area contributed by atoms with E-state index in [1.54, 1.807) is 0 Å². The van der Waals surface area contributed by atoms with Gasteiger partial charge in [-0.3, -0.25) is 0 Å². The first-order chi connectivity index (χ1) is 17.2. The highest BCUT2D eigenvalue weighted by Crippen LogP contribution is 2.36. The summed E-state index contributed by atoms with van der Waals surface area (Å²) in [7, 11) is 0. The van der Waals surface area contributed by atoms with Crippen LogP contribution >= 0.6 is 0 Å². The maximum atomic E-state index is 4.16. The topological polar surface area (TPSA) is 9.86 Å². The zero-order chi connectivity index (χ0) is 23.5. The first-order valence-electron chi connectivity index (χ1n) is 12.0. The molecule has 7 rings (SSSR count). The molecule has 2 nitrogen and oxygen atoms in total. The molecule has 0 bridgehead atoms. The second-order valence-corrected chi connectivity index (χ2v) is 9.25. The minimum Gasteiger partial charge on any atom is -0.309 e.